The largest absolute Gasteiger partial charge is 0.465 e. The third-order valence-electron chi connectivity index (χ3n) is 4.13. The number of hydrogen-bond donors (Lipinski definition) is 2. The number of amides is 1. The number of methoxy groups -OCH3 is 1. The fourth-order valence-corrected chi connectivity index (χ4v) is 2.67. The molecule has 0 spiro atoms. The maximum absolute atomic E-state index is 13.6. The lowest BCUT2D eigenvalue weighted by molar-refractivity contribution is 0.0601. The predicted molar refractivity (Wildman–Crippen MR) is 106 cm³/mol. The van der Waals surface area contributed by atoms with Crippen LogP contribution in [0.5, 0.6) is 0 Å². The van der Waals surface area contributed by atoms with E-state index in [2.05, 4.69) is 20.6 Å². The second-order valence-corrected chi connectivity index (χ2v) is 6.05. The van der Waals surface area contributed by atoms with Crippen LogP contribution in [0.4, 0.5) is 15.9 Å². The second kappa shape index (κ2) is 9.41. The minimum Gasteiger partial charge on any atom is -0.465 e. The van der Waals surface area contributed by atoms with E-state index in [1.807, 2.05) is 0 Å². The van der Waals surface area contributed by atoms with Crippen molar-refractivity contribution in [3.63, 3.8) is 0 Å². The van der Waals surface area contributed by atoms with Crippen LogP contribution in [0, 0.1) is 5.82 Å². The Morgan fingerprint density at radius 1 is 1.07 bits per heavy atom. The molecular formula is C21H19FN4O3. The quantitative estimate of drug-likeness (QED) is 0.598. The van der Waals surface area contributed by atoms with E-state index in [9.17, 15) is 14.0 Å². The molecule has 0 aliphatic carbocycles. The Bertz CT molecular complexity index is 1030. The third kappa shape index (κ3) is 5.13. The fourth-order valence-electron chi connectivity index (χ4n) is 2.67. The van der Waals surface area contributed by atoms with Crippen LogP contribution in [0.3, 0.4) is 0 Å². The van der Waals surface area contributed by atoms with Gasteiger partial charge in [0.05, 0.1) is 18.4 Å². The average Bonchev–Trinajstić information content (AvgIpc) is 2.75. The molecule has 0 saturated heterocycles. The molecule has 1 aromatic heterocycles. The van der Waals surface area contributed by atoms with Crippen molar-refractivity contribution >= 4 is 23.4 Å². The summed E-state index contributed by atoms with van der Waals surface area (Å²) in [5, 5.41) is 5.70. The van der Waals surface area contributed by atoms with Crippen LogP contribution in [0.15, 0.2) is 60.9 Å². The Kier molecular flexibility index (Phi) is 6.47. The van der Waals surface area contributed by atoms with Gasteiger partial charge in [-0.25, -0.2) is 19.2 Å². The topological polar surface area (TPSA) is 93.2 Å². The molecule has 2 aromatic carbocycles. The van der Waals surface area contributed by atoms with E-state index >= 15 is 0 Å². The molecule has 7 nitrogen and oxygen atoms in total. The molecule has 1 amide bonds. The lowest BCUT2D eigenvalue weighted by Gasteiger charge is -2.11. The van der Waals surface area contributed by atoms with Crippen molar-refractivity contribution in [2.75, 3.05) is 19.0 Å². The Balaban J connectivity index is 1.66. The summed E-state index contributed by atoms with van der Waals surface area (Å²) < 4.78 is 18.4. The molecule has 8 heteroatoms. The van der Waals surface area contributed by atoms with Gasteiger partial charge in [0.15, 0.2) is 0 Å². The average molecular weight is 394 g/mol. The van der Waals surface area contributed by atoms with Crippen LogP contribution in [0.1, 0.15) is 26.4 Å². The van der Waals surface area contributed by atoms with Crippen molar-refractivity contribution in [1.82, 2.24) is 15.3 Å². The summed E-state index contributed by atoms with van der Waals surface area (Å²) in [4.78, 5) is 32.3. The number of nitrogens with zero attached hydrogens (tertiary/aromatic N) is 2. The normalized spacial score (nSPS) is 10.3. The molecule has 3 aromatic rings. The van der Waals surface area contributed by atoms with Gasteiger partial charge in [-0.1, -0.05) is 30.3 Å². The highest BCUT2D eigenvalue weighted by Gasteiger charge is 2.13. The molecular weight excluding hydrogens is 375 g/mol. The van der Waals surface area contributed by atoms with E-state index in [0.29, 0.717) is 29.1 Å². The van der Waals surface area contributed by atoms with Crippen molar-refractivity contribution < 1.29 is 18.7 Å². The van der Waals surface area contributed by atoms with Gasteiger partial charge in [0, 0.05) is 12.6 Å². The maximum Gasteiger partial charge on any atom is 0.339 e. The van der Waals surface area contributed by atoms with Gasteiger partial charge in [-0.2, -0.15) is 0 Å². The van der Waals surface area contributed by atoms with Gasteiger partial charge in [0.1, 0.15) is 23.7 Å². The molecule has 1 heterocycles. The van der Waals surface area contributed by atoms with Crippen molar-refractivity contribution in [1.29, 1.82) is 0 Å². The molecule has 2 N–H and O–H groups in total. The number of aromatic nitrogens is 2. The number of nitrogens with one attached hydrogen (secondary N) is 2. The molecule has 3 rings (SSSR count). The zero-order valence-electron chi connectivity index (χ0n) is 15.7. The zero-order valence-corrected chi connectivity index (χ0v) is 15.7. The number of rotatable bonds is 7. The number of halogens is 1. The highest BCUT2D eigenvalue weighted by Crippen LogP contribution is 2.20. The van der Waals surface area contributed by atoms with Crippen LogP contribution in [-0.4, -0.2) is 35.5 Å². The van der Waals surface area contributed by atoms with Gasteiger partial charge in [-0.05, 0) is 30.2 Å². The van der Waals surface area contributed by atoms with Gasteiger partial charge in [-0.3, -0.25) is 4.79 Å². The summed E-state index contributed by atoms with van der Waals surface area (Å²) in [6.07, 6.45) is 1.61. The lowest BCUT2D eigenvalue weighted by atomic mass is 10.1. The summed E-state index contributed by atoms with van der Waals surface area (Å²) in [5.41, 5.74) is 1.50. The maximum atomic E-state index is 13.6. The van der Waals surface area contributed by atoms with Crippen LogP contribution < -0.4 is 10.6 Å². The number of anilines is 2. The van der Waals surface area contributed by atoms with Gasteiger partial charge >= 0.3 is 5.97 Å². The van der Waals surface area contributed by atoms with Gasteiger partial charge < -0.3 is 15.4 Å². The fraction of sp³-hybridized carbons (Fsp3) is 0.143. The number of carbonyl (C=O) groups is 2. The SMILES string of the molecule is COC(=O)c1ccccc1Nc1cc(C(=O)NCCc2ccccc2F)ncn1. The Morgan fingerprint density at radius 3 is 2.62 bits per heavy atom. The van der Waals surface area contributed by atoms with E-state index in [1.165, 1.54) is 25.6 Å². The smallest absolute Gasteiger partial charge is 0.339 e. The van der Waals surface area contributed by atoms with Gasteiger partial charge in [0.25, 0.3) is 5.91 Å². The number of hydrogen-bond acceptors (Lipinski definition) is 6. The van der Waals surface area contributed by atoms with E-state index in [-0.39, 0.29) is 18.1 Å². The first-order chi connectivity index (χ1) is 14.1. The summed E-state index contributed by atoms with van der Waals surface area (Å²) >= 11 is 0. The molecule has 0 saturated carbocycles. The van der Waals surface area contributed by atoms with Crippen molar-refractivity contribution in [3.8, 4) is 0 Å². The molecule has 0 unspecified atom stereocenters. The lowest BCUT2D eigenvalue weighted by Crippen LogP contribution is -2.26. The van der Waals surface area contributed by atoms with Crippen LogP contribution in [0.25, 0.3) is 0 Å². The van der Waals surface area contributed by atoms with Crippen molar-refractivity contribution in [3.05, 3.63) is 83.6 Å². The summed E-state index contributed by atoms with van der Waals surface area (Å²) in [6.45, 7) is 0.262. The third-order valence-corrected chi connectivity index (χ3v) is 4.13. The monoisotopic (exact) mass is 394 g/mol. The number of ether oxygens (including phenoxy) is 1. The number of benzene rings is 2. The van der Waals surface area contributed by atoms with Crippen molar-refractivity contribution in [2.45, 2.75) is 6.42 Å². The van der Waals surface area contributed by atoms with Gasteiger partial charge in [0.2, 0.25) is 0 Å². The van der Waals surface area contributed by atoms with E-state index in [0.717, 1.165) is 0 Å². The van der Waals surface area contributed by atoms with E-state index in [4.69, 9.17) is 4.74 Å². The molecule has 148 valence electrons. The predicted octanol–water partition coefficient (Wildman–Crippen LogP) is 3.12. The number of para-hydroxylation sites is 1. The van der Waals surface area contributed by atoms with E-state index in [1.54, 1.807) is 42.5 Å². The zero-order chi connectivity index (χ0) is 20.6. The minimum absolute atomic E-state index is 0.145. The Morgan fingerprint density at radius 2 is 1.83 bits per heavy atom. The van der Waals surface area contributed by atoms with Crippen LogP contribution in [0.2, 0.25) is 0 Å². The minimum atomic E-state index is -0.492. The van der Waals surface area contributed by atoms with Crippen LogP contribution in [-0.2, 0) is 11.2 Å². The van der Waals surface area contributed by atoms with Crippen molar-refractivity contribution in [2.24, 2.45) is 0 Å². The number of esters is 1. The molecule has 0 radical (unpaired) electrons. The summed E-state index contributed by atoms with van der Waals surface area (Å²) in [5.74, 6) is -0.864. The molecule has 0 fully saturated rings. The van der Waals surface area contributed by atoms with Crippen LogP contribution >= 0.6 is 0 Å². The van der Waals surface area contributed by atoms with Gasteiger partial charge in [-0.15, -0.1) is 0 Å². The highest BCUT2D eigenvalue weighted by atomic mass is 19.1. The molecule has 29 heavy (non-hydrogen) atoms. The molecule has 0 aliphatic heterocycles. The second-order valence-electron chi connectivity index (χ2n) is 6.05. The summed E-state index contributed by atoms with van der Waals surface area (Å²) in [7, 11) is 1.30. The first-order valence-corrected chi connectivity index (χ1v) is 8.86. The standard InChI is InChI=1S/C21H19FN4O3/c1-29-21(28)15-7-3-5-9-17(15)26-19-12-18(24-13-25-19)20(27)23-11-10-14-6-2-4-8-16(14)22/h2-9,12-13H,10-11H2,1H3,(H,23,27)(H,24,25,26). The molecule has 0 aliphatic rings. The molecule has 0 atom stereocenters. The summed E-state index contributed by atoms with van der Waals surface area (Å²) in [6, 6.07) is 14.7. The first-order valence-electron chi connectivity index (χ1n) is 8.86. The van der Waals surface area contributed by atoms with E-state index < -0.39 is 11.9 Å². The molecule has 0 bridgehead atoms. The number of carbonyl (C=O) groups excluding carboxylic acids is 2. The first kappa shape index (κ1) is 19.9. The highest BCUT2D eigenvalue weighted by molar-refractivity contribution is 5.97. The Labute approximate surface area is 167 Å². The Hall–Kier alpha value is -3.81.